The lowest BCUT2D eigenvalue weighted by atomic mass is 9.89. The van der Waals surface area contributed by atoms with Crippen molar-refractivity contribution in [3.63, 3.8) is 0 Å². The van der Waals surface area contributed by atoms with Gasteiger partial charge in [0.15, 0.2) is 6.23 Å². The Morgan fingerprint density at radius 2 is 2.16 bits per heavy atom. The smallest absolute Gasteiger partial charge is 0.222 e. The normalized spacial score (nSPS) is 30.4. The van der Waals surface area contributed by atoms with Crippen LogP contribution in [0.25, 0.3) is 0 Å². The fraction of sp³-hybridized carbons (Fsp3) is 0.696. The van der Waals surface area contributed by atoms with Gasteiger partial charge < -0.3 is 14.6 Å². The van der Waals surface area contributed by atoms with Crippen molar-refractivity contribution in [2.75, 3.05) is 31.4 Å². The summed E-state index contributed by atoms with van der Waals surface area (Å²) in [5, 5.41) is 5.83. The van der Waals surface area contributed by atoms with E-state index in [4.69, 9.17) is 9.57 Å². The zero-order valence-electron chi connectivity index (χ0n) is 18.7. The first-order valence-corrected chi connectivity index (χ1v) is 11.9. The second kappa shape index (κ2) is 9.61. The molecule has 176 valence electrons. The van der Waals surface area contributed by atoms with E-state index in [1.54, 1.807) is 0 Å². The second-order valence-electron chi connectivity index (χ2n) is 9.41. The number of carbonyl (C=O) groups excluding carboxylic acids is 1. The highest BCUT2D eigenvalue weighted by atomic mass is 19.1. The molecule has 4 aliphatic heterocycles. The number of benzene rings is 1. The summed E-state index contributed by atoms with van der Waals surface area (Å²) in [6.45, 7) is 4.86. The molecular weight excluding hydrogens is 413 g/mol. The van der Waals surface area contributed by atoms with Crippen molar-refractivity contribution in [3.05, 3.63) is 29.3 Å². The zero-order valence-corrected chi connectivity index (χ0v) is 18.7. The molecule has 0 aliphatic carbocycles. The number of rotatable bonds is 7. The predicted molar refractivity (Wildman–Crippen MR) is 118 cm³/mol. The Morgan fingerprint density at radius 3 is 2.91 bits per heavy atom. The molecule has 5 rings (SSSR count). The van der Waals surface area contributed by atoms with E-state index in [-0.39, 0.29) is 31.0 Å². The molecule has 32 heavy (non-hydrogen) atoms. The molecule has 2 unspecified atom stereocenters. The number of nitrogens with zero attached hydrogens (tertiary/aromatic N) is 2. The topological polar surface area (TPSA) is 78.1 Å². The molecule has 4 heterocycles. The highest BCUT2D eigenvalue weighted by Crippen LogP contribution is 2.34. The summed E-state index contributed by atoms with van der Waals surface area (Å²) >= 11 is 0. The van der Waals surface area contributed by atoms with Crippen LogP contribution in [0.1, 0.15) is 56.4 Å². The molecule has 0 aromatic heterocycles. The number of unbranched alkanes of at least 4 members (excludes halogenated alkanes) is 1. The molecule has 3 fully saturated rings. The Hall–Kier alpha value is -1.78. The number of anilines is 1. The Balaban J connectivity index is 1.17. The number of hydrazine groups is 1. The minimum absolute atomic E-state index is 0.0498. The Bertz CT molecular complexity index is 823. The van der Waals surface area contributed by atoms with Gasteiger partial charge in [-0.3, -0.25) is 19.3 Å². The van der Waals surface area contributed by atoms with Crippen LogP contribution in [0.2, 0.25) is 0 Å². The maximum Gasteiger partial charge on any atom is 0.222 e. The van der Waals surface area contributed by atoms with Gasteiger partial charge in [0, 0.05) is 25.6 Å². The van der Waals surface area contributed by atoms with E-state index in [0.29, 0.717) is 31.2 Å². The largest absolute Gasteiger partial charge is 0.377 e. The van der Waals surface area contributed by atoms with Crippen LogP contribution in [0.5, 0.6) is 0 Å². The number of carbonyl (C=O) groups is 1. The molecule has 4 aliphatic rings. The van der Waals surface area contributed by atoms with E-state index in [1.807, 2.05) is 4.90 Å². The first kappa shape index (κ1) is 22.0. The molecule has 1 amide bonds. The van der Waals surface area contributed by atoms with Crippen LogP contribution in [-0.4, -0.2) is 55.5 Å². The third-order valence-electron chi connectivity index (χ3n) is 7.22. The van der Waals surface area contributed by atoms with Crippen LogP contribution in [0.15, 0.2) is 18.2 Å². The first-order chi connectivity index (χ1) is 15.6. The van der Waals surface area contributed by atoms with Gasteiger partial charge >= 0.3 is 0 Å². The predicted octanol–water partition coefficient (Wildman–Crippen LogP) is 2.13. The third-order valence-corrected chi connectivity index (χ3v) is 7.22. The molecule has 3 saturated heterocycles. The quantitative estimate of drug-likeness (QED) is 0.553. The highest BCUT2D eigenvalue weighted by molar-refractivity contribution is 5.76. The van der Waals surface area contributed by atoms with Crippen LogP contribution < -0.4 is 21.2 Å². The van der Waals surface area contributed by atoms with E-state index in [1.165, 1.54) is 11.3 Å². The minimum Gasteiger partial charge on any atom is -0.377 e. The average molecular weight is 448 g/mol. The van der Waals surface area contributed by atoms with Crippen molar-refractivity contribution in [2.24, 2.45) is 5.92 Å². The van der Waals surface area contributed by atoms with Gasteiger partial charge in [-0.15, -0.1) is 0 Å². The molecule has 1 aromatic carbocycles. The van der Waals surface area contributed by atoms with Crippen LogP contribution in [0.3, 0.4) is 0 Å². The van der Waals surface area contributed by atoms with Crippen molar-refractivity contribution in [3.8, 4) is 0 Å². The average Bonchev–Trinajstić information content (AvgIpc) is 3.40. The van der Waals surface area contributed by atoms with Crippen molar-refractivity contribution in [1.29, 1.82) is 0 Å². The van der Waals surface area contributed by atoms with Gasteiger partial charge in [0.05, 0.1) is 37.8 Å². The van der Waals surface area contributed by atoms with Crippen LogP contribution >= 0.6 is 0 Å². The molecular formula is C23H34FN5O3. The SMILES string of the molecule is C[C@@H]1C[C@@H](C2NOC(c3ccc4c(c3)N(C3COC3)NC4)N2)CCN1C(=O)CCCCF. The highest BCUT2D eigenvalue weighted by Gasteiger charge is 2.38. The standard InChI is InChI=1S/C23H34FN5O3/c1-15-10-16(7-9-28(15)21(30)4-2-3-8-24)22-26-23(32-27-22)17-5-6-18-12-25-29(20(18)11-17)19-13-31-14-19/h5-6,11,15-16,19,22-23,25-27H,2-4,7-10,12-14H2,1H3/t15-,16+,22?,23?/m1/s1. The van der Waals surface area contributed by atoms with Crippen LogP contribution in [0, 0.1) is 5.92 Å². The van der Waals surface area contributed by atoms with E-state index < -0.39 is 0 Å². The monoisotopic (exact) mass is 447 g/mol. The van der Waals surface area contributed by atoms with E-state index in [0.717, 1.165) is 44.7 Å². The Labute approximate surface area is 188 Å². The van der Waals surface area contributed by atoms with Gasteiger partial charge in [0.2, 0.25) is 5.91 Å². The summed E-state index contributed by atoms with van der Waals surface area (Å²) in [6, 6.07) is 7.07. The van der Waals surface area contributed by atoms with Gasteiger partial charge in [-0.05, 0) is 55.7 Å². The number of alkyl halides is 1. The van der Waals surface area contributed by atoms with Crippen molar-refractivity contribution < 1.29 is 18.8 Å². The minimum atomic E-state index is -0.348. The van der Waals surface area contributed by atoms with Gasteiger partial charge in [-0.1, -0.05) is 12.1 Å². The Kier molecular flexibility index (Phi) is 6.61. The number of ether oxygens (including phenoxy) is 1. The molecule has 0 saturated carbocycles. The summed E-state index contributed by atoms with van der Waals surface area (Å²) in [7, 11) is 0. The van der Waals surface area contributed by atoms with Crippen LogP contribution in [-0.2, 0) is 20.9 Å². The summed E-state index contributed by atoms with van der Waals surface area (Å²) in [5.74, 6) is 0.531. The van der Waals surface area contributed by atoms with Gasteiger partial charge in [-0.25, -0.2) is 5.43 Å². The number of hydrogen-bond acceptors (Lipinski definition) is 7. The molecule has 1 aromatic rings. The fourth-order valence-corrected chi connectivity index (χ4v) is 5.24. The third kappa shape index (κ3) is 4.36. The lowest BCUT2D eigenvalue weighted by Gasteiger charge is -2.39. The van der Waals surface area contributed by atoms with E-state index >= 15 is 0 Å². The number of likely N-dealkylation sites (tertiary alicyclic amines) is 1. The summed E-state index contributed by atoms with van der Waals surface area (Å²) in [6.07, 6.45) is 3.22. The fourth-order valence-electron chi connectivity index (χ4n) is 5.24. The first-order valence-electron chi connectivity index (χ1n) is 11.9. The summed E-state index contributed by atoms with van der Waals surface area (Å²) in [5.41, 5.74) is 10.3. The number of nitrogens with one attached hydrogen (secondary N) is 3. The zero-order chi connectivity index (χ0) is 22.1. The number of hydroxylamine groups is 1. The number of piperidine rings is 1. The molecule has 0 spiro atoms. The summed E-state index contributed by atoms with van der Waals surface area (Å²) < 4.78 is 17.7. The van der Waals surface area contributed by atoms with Crippen molar-refractivity contribution in [1.82, 2.24) is 21.1 Å². The maximum absolute atomic E-state index is 12.5. The molecule has 9 heteroatoms. The van der Waals surface area contributed by atoms with E-state index in [9.17, 15) is 9.18 Å². The second-order valence-corrected chi connectivity index (χ2v) is 9.41. The molecule has 0 bridgehead atoms. The van der Waals surface area contributed by atoms with E-state index in [2.05, 4.69) is 46.4 Å². The lowest BCUT2D eigenvalue weighted by molar-refractivity contribution is -0.135. The number of amides is 1. The number of fused-ring (bicyclic) bond motifs is 1. The molecule has 0 radical (unpaired) electrons. The van der Waals surface area contributed by atoms with Gasteiger partial charge in [0.25, 0.3) is 0 Å². The van der Waals surface area contributed by atoms with Crippen molar-refractivity contribution >= 4 is 11.6 Å². The molecule has 3 N–H and O–H groups in total. The lowest BCUT2D eigenvalue weighted by Crippen LogP contribution is -2.53. The molecule has 4 atom stereocenters. The molecule has 8 nitrogen and oxygen atoms in total. The van der Waals surface area contributed by atoms with Crippen LogP contribution in [0.4, 0.5) is 10.1 Å². The summed E-state index contributed by atoms with van der Waals surface area (Å²) in [4.78, 5) is 20.4. The van der Waals surface area contributed by atoms with Gasteiger partial charge in [-0.2, -0.15) is 5.48 Å². The maximum atomic E-state index is 12.5. The van der Waals surface area contributed by atoms with Crippen molar-refractivity contribution in [2.45, 2.75) is 70.0 Å². The number of hydrogen-bond donors (Lipinski definition) is 3. The Morgan fingerprint density at radius 1 is 1.28 bits per heavy atom. The van der Waals surface area contributed by atoms with Gasteiger partial charge in [0.1, 0.15) is 0 Å². The number of halogens is 1.